The number of hydrogen-bond donors (Lipinski definition) is 2. The first-order chi connectivity index (χ1) is 12.0. The monoisotopic (exact) mass is 338 g/mol. The van der Waals surface area contributed by atoms with Crippen LogP contribution in [0, 0.1) is 19.8 Å². The van der Waals surface area contributed by atoms with Crippen molar-refractivity contribution in [2.75, 3.05) is 0 Å². The number of benzene rings is 1. The van der Waals surface area contributed by atoms with E-state index >= 15 is 0 Å². The van der Waals surface area contributed by atoms with E-state index in [-0.39, 0.29) is 18.1 Å². The average Bonchev–Trinajstić information content (AvgIpc) is 2.56. The summed E-state index contributed by atoms with van der Waals surface area (Å²) in [7, 11) is 0. The van der Waals surface area contributed by atoms with Crippen LogP contribution in [0.4, 0.5) is 0 Å². The highest BCUT2D eigenvalue weighted by Crippen LogP contribution is 2.31. The molecule has 4 nitrogen and oxygen atoms in total. The number of aromatic nitrogens is 1. The van der Waals surface area contributed by atoms with Gasteiger partial charge in [0.05, 0.1) is 12.5 Å². The third-order valence-electron chi connectivity index (χ3n) is 5.13. The zero-order valence-corrected chi connectivity index (χ0v) is 14.9. The van der Waals surface area contributed by atoms with Crippen molar-refractivity contribution in [2.45, 2.75) is 51.7 Å². The number of amides is 1. The largest absolute Gasteiger partial charge is 0.393 e. The number of hydrogen-bond acceptors (Lipinski definition) is 3. The summed E-state index contributed by atoms with van der Waals surface area (Å²) in [4.78, 5) is 16.7. The van der Waals surface area contributed by atoms with E-state index in [1.807, 2.05) is 26.0 Å². The lowest BCUT2D eigenvalue weighted by atomic mass is 9.75. The summed E-state index contributed by atoms with van der Waals surface area (Å²) >= 11 is 0. The molecule has 1 aromatic carbocycles. The Hall–Kier alpha value is -2.20. The van der Waals surface area contributed by atoms with Gasteiger partial charge in [0.2, 0.25) is 5.91 Å². The molecule has 0 spiro atoms. The Kier molecular flexibility index (Phi) is 5.49. The van der Waals surface area contributed by atoms with E-state index in [9.17, 15) is 9.90 Å². The van der Waals surface area contributed by atoms with Gasteiger partial charge in [0.25, 0.3) is 0 Å². The van der Waals surface area contributed by atoms with E-state index in [2.05, 4.69) is 28.5 Å². The molecule has 1 heterocycles. The van der Waals surface area contributed by atoms with Crippen molar-refractivity contribution < 1.29 is 9.90 Å². The average molecular weight is 338 g/mol. The van der Waals surface area contributed by atoms with Crippen LogP contribution in [0.5, 0.6) is 0 Å². The second-order valence-corrected chi connectivity index (χ2v) is 7.23. The van der Waals surface area contributed by atoms with Crippen molar-refractivity contribution in [3.05, 3.63) is 65.0 Å². The quantitative estimate of drug-likeness (QED) is 0.851. The van der Waals surface area contributed by atoms with Crippen LogP contribution in [0.15, 0.2) is 42.7 Å². The highest BCUT2D eigenvalue weighted by molar-refractivity contribution is 5.79. The highest BCUT2D eigenvalue weighted by Gasteiger charge is 2.34. The Bertz CT molecular complexity index is 724. The van der Waals surface area contributed by atoms with Gasteiger partial charge in [-0.15, -0.1) is 0 Å². The Morgan fingerprint density at radius 1 is 1.24 bits per heavy atom. The summed E-state index contributed by atoms with van der Waals surface area (Å²) in [5.41, 5.74) is 4.55. The fourth-order valence-electron chi connectivity index (χ4n) is 3.49. The van der Waals surface area contributed by atoms with Crippen molar-refractivity contribution in [1.82, 2.24) is 10.3 Å². The minimum absolute atomic E-state index is 0.0501. The number of aliphatic hydroxyl groups is 1. The number of nitrogens with zero attached hydrogens (tertiary/aromatic N) is 1. The van der Waals surface area contributed by atoms with Crippen LogP contribution >= 0.6 is 0 Å². The molecule has 1 aromatic heterocycles. The van der Waals surface area contributed by atoms with E-state index < -0.39 is 0 Å². The van der Waals surface area contributed by atoms with E-state index in [1.54, 1.807) is 12.4 Å². The molecule has 1 fully saturated rings. The van der Waals surface area contributed by atoms with Gasteiger partial charge in [-0.05, 0) is 67.9 Å². The standard InChI is InChI=1S/C21H26N2O2/c1-14-3-4-15(2)17(9-14)13-21(25)23-20(18-11-19(24)12-18)10-16-5-7-22-8-6-16/h3-9,18-20,24H,10-13H2,1-2H3,(H,23,25)/t18?,19?,20-/m0/s1. The van der Waals surface area contributed by atoms with Crippen molar-refractivity contribution in [3.63, 3.8) is 0 Å². The van der Waals surface area contributed by atoms with E-state index in [0.717, 1.165) is 36.0 Å². The predicted molar refractivity (Wildman–Crippen MR) is 98.2 cm³/mol. The first-order valence-electron chi connectivity index (χ1n) is 8.93. The first kappa shape index (κ1) is 17.6. The molecular weight excluding hydrogens is 312 g/mol. The fourth-order valence-corrected chi connectivity index (χ4v) is 3.49. The van der Waals surface area contributed by atoms with Gasteiger partial charge in [-0.3, -0.25) is 9.78 Å². The molecule has 2 aromatic rings. The lowest BCUT2D eigenvalue weighted by molar-refractivity contribution is -0.122. The van der Waals surface area contributed by atoms with E-state index in [4.69, 9.17) is 0 Å². The van der Waals surface area contributed by atoms with Gasteiger partial charge in [-0.2, -0.15) is 0 Å². The van der Waals surface area contributed by atoms with Crippen LogP contribution in [-0.4, -0.2) is 28.1 Å². The van der Waals surface area contributed by atoms with Gasteiger partial charge >= 0.3 is 0 Å². The molecule has 25 heavy (non-hydrogen) atoms. The molecule has 0 unspecified atom stereocenters. The van der Waals surface area contributed by atoms with Gasteiger partial charge < -0.3 is 10.4 Å². The minimum atomic E-state index is -0.221. The molecule has 1 aliphatic carbocycles. The normalized spacial score (nSPS) is 20.6. The minimum Gasteiger partial charge on any atom is -0.393 e. The van der Waals surface area contributed by atoms with Crippen LogP contribution < -0.4 is 5.32 Å². The molecule has 4 heteroatoms. The topological polar surface area (TPSA) is 62.2 Å². The van der Waals surface area contributed by atoms with Crippen molar-refractivity contribution in [2.24, 2.45) is 5.92 Å². The zero-order chi connectivity index (χ0) is 17.8. The molecule has 132 valence electrons. The SMILES string of the molecule is Cc1ccc(C)c(CC(=O)N[C@@H](Cc2ccncc2)C2CC(O)C2)c1. The summed E-state index contributed by atoms with van der Waals surface area (Å²) in [6.45, 7) is 4.08. The number of nitrogens with one attached hydrogen (secondary N) is 1. The molecule has 1 amide bonds. The molecule has 1 aliphatic rings. The molecule has 2 N–H and O–H groups in total. The number of carbonyl (C=O) groups is 1. The second-order valence-electron chi connectivity index (χ2n) is 7.23. The van der Waals surface area contributed by atoms with Crippen LogP contribution in [0.25, 0.3) is 0 Å². The van der Waals surface area contributed by atoms with Crippen LogP contribution in [-0.2, 0) is 17.6 Å². The molecular formula is C21H26N2O2. The smallest absolute Gasteiger partial charge is 0.224 e. The third-order valence-corrected chi connectivity index (χ3v) is 5.13. The zero-order valence-electron chi connectivity index (χ0n) is 14.9. The molecule has 0 saturated heterocycles. The fraction of sp³-hybridized carbons (Fsp3) is 0.429. The van der Waals surface area contributed by atoms with Gasteiger partial charge in [-0.25, -0.2) is 0 Å². The lowest BCUT2D eigenvalue weighted by Gasteiger charge is -2.38. The number of aryl methyl sites for hydroxylation is 2. The van der Waals surface area contributed by atoms with E-state index in [1.165, 1.54) is 5.56 Å². The number of pyridine rings is 1. The molecule has 3 rings (SSSR count). The van der Waals surface area contributed by atoms with Crippen molar-refractivity contribution >= 4 is 5.91 Å². The molecule has 0 aliphatic heterocycles. The van der Waals surface area contributed by atoms with E-state index in [0.29, 0.717) is 12.3 Å². The first-order valence-corrected chi connectivity index (χ1v) is 8.93. The second kappa shape index (κ2) is 7.79. The van der Waals surface area contributed by atoms with Gasteiger partial charge in [0, 0.05) is 18.4 Å². The predicted octanol–water partition coefficient (Wildman–Crippen LogP) is 2.74. The van der Waals surface area contributed by atoms with Gasteiger partial charge in [0.15, 0.2) is 0 Å². The summed E-state index contributed by atoms with van der Waals surface area (Å²) in [5.74, 6) is 0.389. The van der Waals surface area contributed by atoms with Gasteiger partial charge in [-0.1, -0.05) is 23.8 Å². The summed E-state index contributed by atoms with van der Waals surface area (Å²) < 4.78 is 0. The molecule has 0 radical (unpaired) electrons. The lowest BCUT2D eigenvalue weighted by Crippen LogP contribution is -2.48. The summed E-state index contributed by atoms with van der Waals surface area (Å²) in [6, 6.07) is 10.2. The maximum absolute atomic E-state index is 12.6. The Morgan fingerprint density at radius 3 is 2.64 bits per heavy atom. The third kappa shape index (κ3) is 4.67. The molecule has 1 saturated carbocycles. The highest BCUT2D eigenvalue weighted by atomic mass is 16.3. The van der Waals surface area contributed by atoms with Crippen molar-refractivity contribution in [3.8, 4) is 0 Å². The number of aliphatic hydroxyl groups excluding tert-OH is 1. The Morgan fingerprint density at radius 2 is 1.96 bits per heavy atom. The Labute approximate surface area is 149 Å². The number of rotatable bonds is 6. The maximum Gasteiger partial charge on any atom is 0.224 e. The van der Waals surface area contributed by atoms with Crippen LogP contribution in [0.2, 0.25) is 0 Å². The molecule has 0 bridgehead atoms. The van der Waals surface area contributed by atoms with Gasteiger partial charge in [0.1, 0.15) is 0 Å². The van der Waals surface area contributed by atoms with Crippen LogP contribution in [0.3, 0.4) is 0 Å². The maximum atomic E-state index is 12.6. The summed E-state index contributed by atoms with van der Waals surface area (Å²) in [6.07, 6.45) is 6.04. The van der Waals surface area contributed by atoms with Crippen LogP contribution in [0.1, 0.15) is 35.1 Å². The summed E-state index contributed by atoms with van der Waals surface area (Å²) in [5, 5.41) is 12.9. The molecule has 1 atom stereocenters. The number of carbonyl (C=O) groups excluding carboxylic acids is 1. The Balaban J connectivity index is 1.66. The van der Waals surface area contributed by atoms with Crippen molar-refractivity contribution in [1.29, 1.82) is 0 Å².